The van der Waals surface area contributed by atoms with E-state index >= 15 is 0 Å². The molecule has 1 amide bonds. The molecule has 3 rings (SSSR count). The molecular weight excluding hydrogens is 371 g/mol. The normalized spacial score (nSPS) is 11.9. The van der Waals surface area contributed by atoms with Crippen LogP contribution in [0.5, 0.6) is 0 Å². The minimum atomic E-state index is -0.333. The average molecular weight is 393 g/mol. The zero-order valence-corrected chi connectivity index (χ0v) is 16.2. The fourth-order valence-electron chi connectivity index (χ4n) is 2.80. The summed E-state index contributed by atoms with van der Waals surface area (Å²) in [5.74, 6) is -0.558. The third-order valence-corrected chi connectivity index (χ3v) is 4.12. The number of benzene rings is 1. The number of carbonyl (C=O) groups excluding carboxylic acids is 1. The largest absolute Gasteiger partial charge is 0.350 e. The second kappa shape index (κ2) is 8.92. The number of halogens is 2. The molecule has 0 bridgehead atoms. The zero-order valence-electron chi connectivity index (χ0n) is 15.4. The molecule has 0 fully saturated rings. The van der Waals surface area contributed by atoms with E-state index in [1.165, 1.54) is 12.1 Å². The van der Waals surface area contributed by atoms with Crippen molar-refractivity contribution in [3.05, 3.63) is 47.4 Å². The number of nitrogens with one attached hydrogen (secondary N) is 2. The molecule has 6 nitrogen and oxygen atoms in total. The maximum absolute atomic E-state index is 13.2. The van der Waals surface area contributed by atoms with E-state index < -0.39 is 0 Å². The van der Waals surface area contributed by atoms with Gasteiger partial charge >= 0.3 is 0 Å². The quantitative estimate of drug-likeness (QED) is 0.671. The summed E-state index contributed by atoms with van der Waals surface area (Å²) in [5, 5.41) is 10.7. The number of carbonyl (C=O) groups is 1. The third kappa shape index (κ3) is 4.61. The van der Waals surface area contributed by atoms with Crippen molar-refractivity contribution in [3.63, 3.8) is 0 Å². The number of aryl methyl sites for hydroxylation is 1. The number of nitrogens with zero attached hydrogens (tertiary/aromatic N) is 2. The van der Waals surface area contributed by atoms with E-state index in [0.29, 0.717) is 34.4 Å². The second-order valence-corrected chi connectivity index (χ2v) is 6.18. The fraction of sp³-hybridized carbons (Fsp3) is 0.316. The van der Waals surface area contributed by atoms with Gasteiger partial charge in [-0.25, -0.2) is 9.37 Å². The maximum Gasteiger partial charge on any atom is 0.259 e. The van der Waals surface area contributed by atoms with Gasteiger partial charge < -0.3 is 15.2 Å². The molecule has 144 valence electrons. The molecule has 2 N–H and O–H groups in total. The van der Waals surface area contributed by atoms with E-state index in [1.807, 2.05) is 13.8 Å². The van der Waals surface area contributed by atoms with Crippen LogP contribution >= 0.6 is 12.4 Å². The number of amides is 1. The van der Waals surface area contributed by atoms with Crippen molar-refractivity contribution in [1.82, 2.24) is 20.8 Å². The average Bonchev–Trinajstić information content (AvgIpc) is 3.01. The summed E-state index contributed by atoms with van der Waals surface area (Å²) in [6.45, 7) is 7.10. The zero-order chi connectivity index (χ0) is 18.7. The summed E-state index contributed by atoms with van der Waals surface area (Å²) in [5.41, 5.74) is 2.55. The summed E-state index contributed by atoms with van der Waals surface area (Å²) >= 11 is 0. The van der Waals surface area contributed by atoms with Crippen LogP contribution in [0.3, 0.4) is 0 Å². The molecule has 1 atom stereocenters. The first-order valence-corrected chi connectivity index (χ1v) is 8.54. The Kier molecular flexibility index (Phi) is 6.87. The van der Waals surface area contributed by atoms with Gasteiger partial charge in [-0.1, -0.05) is 12.1 Å². The van der Waals surface area contributed by atoms with Crippen LogP contribution < -0.4 is 10.6 Å². The highest BCUT2D eigenvalue weighted by Crippen LogP contribution is 2.27. The Labute approximate surface area is 162 Å². The molecule has 2 heterocycles. The molecule has 8 heteroatoms. The Balaban J connectivity index is 0.00000261. The Morgan fingerprint density at radius 2 is 2.00 bits per heavy atom. The van der Waals surface area contributed by atoms with Crippen LogP contribution in [-0.2, 0) is 0 Å². The predicted octanol–water partition coefficient (Wildman–Crippen LogP) is 3.49. The molecule has 1 aromatic carbocycles. The van der Waals surface area contributed by atoms with Gasteiger partial charge in [0.2, 0.25) is 0 Å². The van der Waals surface area contributed by atoms with Gasteiger partial charge in [0, 0.05) is 18.2 Å². The number of pyridine rings is 1. The molecule has 3 aromatic rings. The lowest BCUT2D eigenvalue weighted by Crippen LogP contribution is -2.38. The van der Waals surface area contributed by atoms with Crippen molar-refractivity contribution in [1.29, 1.82) is 0 Å². The summed E-state index contributed by atoms with van der Waals surface area (Å²) in [6, 6.07) is 7.77. The van der Waals surface area contributed by atoms with Crippen LogP contribution in [0.2, 0.25) is 0 Å². The van der Waals surface area contributed by atoms with E-state index in [2.05, 4.69) is 20.8 Å². The number of rotatable bonds is 6. The standard InChI is InChI=1S/C19H21FN4O2.ClH/c1-4-21-11(2)10-22-18(25)15-9-16(13-5-7-14(20)8-6-13)23-19-17(15)12(3)24-26-19;/h5-9,11,21H,4,10H2,1-3H3,(H,22,25);1H/t11-;/m1./s1. The lowest BCUT2D eigenvalue weighted by molar-refractivity contribution is 0.0951. The van der Waals surface area contributed by atoms with Crippen LogP contribution in [0.15, 0.2) is 34.9 Å². The fourth-order valence-corrected chi connectivity index (χ4v) is 2.80. The molecule has 0 aliphatic heterocycles. The van der Waals surface area contributed by atoms with Crippen LogP contribution in [0.1, 0.15) is 29.9 Å². The Morgan fingerprint density at radius 3 is 2.67 bits per heavy atom. The van der Waals surface area contributed by atoms with Crippen molar-refractivity contribution in [2.24, 2.45) is 0 Å². The van der Waals surface area contributed by atoms with Gasteiger partial charge in [-0.2, -0.15) is 0 Å². The van der Waals surface area contributed by atoms with E-state index in [-0.39, 0.29) is 35.9 Å². The van der Waals surface area contributed by atoms with E-state index in [1.54, 1.807) is 25.1 Å². The first kappa shape index (κ1) is 20.8. The van der Waals surface area contributed by atoms with E-state index in [4.69, 9.17) is 4.52 Å². The molecule has 0 aliphatic carbocycles. The van der Waals surface area contributed by atoms with Gasteiger partial charge in [0.25, 0.3) is 11.6 Å². The maximum atomic E-state index is 13.2. The van der Waals surface area contributed by atoms with Gasteiger partial charge in [-0.05, 0) is 50.7 Å². The van der Waals surface area contributed by atoms with Crippen molar-refractivity contribution >= 4 is 29.4 Å². The SMILES string of the molecule is CCN[C@H](C)CNC(=O)c1cc(-c2ccc(F)cc2)nc2onc(C)c12.Cl. The number of fused-ring (bicyclic) bond motifs is 1. The minimum absolute atomic E-state index is 0. The van der Waals surface area contributed by atoms with Crippen LogP contribution in [0.4, 0.5) is 4.39 Å². The van der Waals surface area contributed by atoms with E-state index in [0.717, 1.165) is 6.54 Å². The first-order valence-electron chi connectivity index (χ1n) is 8.54. The molecule has 0 saturated heterocycles. The first-order chi connectivity index (χ1) is 12.5. The molecule has 0 radical (unpaired) electrons. The third-order valence-electron chi connectivity index (χ3n) is 4.12. The predicted molar refractivity (Wildman–Crippen MR) is 105 cm³/mol. The number of hydrogen-bond donors (Lipinski definition) is 2. The Hall–Kier alpha value is -2.51. The molecule has 0 aliphatic rings. The Morgan fingerprint density at radius 1 is 1.30 bits per heavy atom. The summed E-state index contributed by atoms with van der Waals surface area (Å²) in [6.07, 6.45) is 0. The number of likely N-dealkylation sites (N-methyl/N-ethyl adjacent to an activating group) is 1. The van der Waals surface area contributed by atoms with Crippen molar-refractivity contribution in [3.8, 4) is 11.3 Å². The summed E-state index contributed by atoms with van der Waals surface area (Å²) in [7, 11) is 0. The molecule has 0 spiro atoms. The molecule has 0 unspecified atom stereocenters. The monoisotopic (exact) mass is 392 g/mol. The van der Waals surface area contributed by atoms with Gasteiger partial charge in [-0.3, -0.25) is 4.79 Å². The highest BCUT2D eigenvalue weighted by Gasteiger charge is 2.19. The summed E-state index contributed by atoms with van der Waals surface area (Å²) < 4.78 is 18.4. The number of aromatic nitrogens is 2. The lowest BCUT2D eigenvalue weighted by atomic mass is 10.0. The highest BCUT2D eigenvalue weighted by atomic mass is 35.5. The van der Waals surface area contributed by atoms with Crippen LogP contribution in [-0.4, -0.2) is 35.2 Å². The minimum Gasteiger partial charge on any atom is -0.350 e. The smallest absolute Gasteiger partial charge is 0.259 e. The molecule has 27 heavy (non-hydrogen) atoms. The second-order valence-electron chi connectivity index (χ2n) is 6.18. The van der Waals surface area contributed by atoms with Crippen molar-refractivity contribution in [2.45, 2.75) is 26.8 Å². The molecule has 2 aromatic heterocycles. The van der Waals surface area contributed by atoms with Crippen molar-refractivity contribution in [2.75, 3.05) is 13.1 Å². The topological polar surface area (TPSA) is 80.0 Å². The van der Waals surface area contributed by atoms with Crippen LogP contribution in [0, 0.1) is 12.7 Å². The summed E-state index contributed by atoms with van der Waals surface area (Å²) in [4.78, 5) is 17.2. The lowest BCUT2D eigenvalue weighted by Gasteiger charge is -2.14. The highest BCUT2D eigenvalue weighted by molar-refractivity contribution is 6.07. The van der Waals surface area contributed by atoms with Gasteiger partial charge in [0.05, 0.1) is 22.3 Å². The van der Waals surface area contributed by atoms with E-state index in [9.17, 15) is 9.18 Å². The number of hydrogen-bond acceptors (Lipinski definition) is 5. The Bertz CT molecular complexity index is 927. The van der Waals surface area contributed by atoms with Gasteiger partial charge in [0.15, 0.2) is 0 Å². The van der Waals surface area contributed by atoms with Crippen LogP contribution in [0.25, 0.3) is 22.4 Å². The molecular formula is C19H22ClFN4O2. The van der Waals surface area contributed by atoms with Gasteiger partial charge in [0.1, 0.15) is 5.82 Å². The van der Waals surface area contributed by atoms with Crippen molar-refractivity contribution < 1.29 is 13.7 Å². The molecule has 0 saturated carbocycles. The van der Waals surface area contributed by atoms with Gasteiger partial charge in [-0.15, -0.1) is 12.4 Å².